The van der Waals surface area contributed by atoms with Gasteiger partial charge in [0.05, 0.1) is 6.61 Å². The number of para-hydroxylation sites is 2. The second-order valence-corrected chi connectivity index (χ2v) is 6.83. The molecule has 0 radical (unpaired) electrons. The van der Waals surface area contributed by atoms with Crippen LogP contribution in [0, 0.1) is 11.3 Å². The van der Waals surface area contributed by atoms with E-state index < -0.39 is 5.97 Å². The summed E-state index contributed by atoms with van der Waals surface area (Å²) in [4.78, 5) is 14.8. The average molecular weight is 374 g/mol. The minimum Gasteiger partial charge on any atom is -0.462 e. The van der Waals surface area contributed by atoms with Crippen LogP contribution in [-0.4, -0.2) is 19.1 Å². The molecule has 0 bridgehead atoms. The number of nitrogens with zero attached hydrogens (tertiary/aromatic N) is 2. The fourth-order valence-electron chi connectivity index (χ4n) is 3.73. The van der Waals surface area contributed by atoms with E-state index in [9.17, 15) is 10.1 Å². The number of carbonyl (C=O) groups excluding carboxylic acids is 1. The maximum Gasteiger partial charge on any atom is 0.349 e. The molecule has 4 heteroatoms. The zero-order valence-electron chi connectivity index (χ0n) is 16.6. The van der Waals surface area contributed by atoms with E-state index in [2.05, 4.69) is 30.0 Å². The standard InChI is InChI=1S/C24H26N2O2/c1-3-5-6-11-16-26-21-14-9-7-12-18(21)23(19-13-8-10-15-22(19)26)20(17-25)24(27)28-4-2/h7-10,12-15H,3-6,11,16H2,1-2H3. The van der Waals surface area contributed by atoms with Crippen molar-refractivity contribution >= 4 is 22.9 Å². The van der Waals surface area contributed by atoms with Crippen molar-refractivity contribution in [3.63, 3.8) is 0 Å². The summed E-state index contributed by atoms with van der Waals surface area (Å²) in [5, 5.41) is 9.77. The van der Waals surface area contributed by atoms with Crippen LogP contribution in [0.25, 0.3) is 5.57 Å². The molecule has 0 saturated heterocycles. The third-order valence-corrected chi connectivity index (χ3v) is 5.01. The summed E-state index contributed by atoms with van der Waals surface area (Å²) in [6.45, 7) is 5.10. The van der Waals surface area contributed by atoms with Gasteiger partial charge in [0.25, 0.3) is 0 Å². The Kier molecular flexibility index (Phi) is 6.49. The SMILES string of the molecule is CCCCCCN1c2ccccc2C(=C(C#N)C(=O)OCC)c2ccccc21. The molecule has 0 fully saturated rings. The van der Waals surface area contributed by atoms with Gasteiger partial charge in [0.1, 0.15) is 11.6 Å². The van der Waals surface area contributed by atoms with Crippen molar-refractivity contribution in [2.24, 2.45) is 0 Å². The minimum absolute atomic E-state index is 0.0624. The van der Waals surface area contributed by atoms with Crippen LogP contribution in [0.1, 0.15) is 50.7 Å². The first-order valence-corrected chi connectivity index (χ1v) is 10.0. The molecule has 2 aromatic rings. The Labute approximate surface area is 167 Å². The summed E-state index contributed by atoms with van der Waals surface area (Å²) >= 11 is 0. The maximum absolute atomic E-state index is 12.5. The first-order valence-electron chi connectivity index (χ1n) is 10.0. The van der Waals surface area contributed by atoms with Crippen LogP contribution in [-0.2, 0) is 9.53 Å². The molecule has 2 aromatic carbocycles. The monoisotopic (exact) mass is 374 g/mol. The quantitative estimate of drug-likeness (QED) is 0.274. The van der Waals surface area contributed by atoms with Gasteiger partial charge in [-0.15, -0.1) is 0 Å². The van der Waals surface area contributed by atoms with Crippen LogP contribution in [0.2, 0.25) is 0 Å². The highest BCUT2D eigenvalue weighted by Gasteiger charge is 2.30. The molecule has 1 heterocycles. The number of anilines is 2. The van der Waals surface area contributed by atoms with Crippen molar-refractivity contribution in [1.82, 2.24) is 0 Å². The fraction of sp³-hybridized carbons (Fsp3) is 0.333. The van der Waals surface area contributed by atoms with E-state index in [1.807, 2.05) is 36.4 Å². The van der Waals surface area contributed by atoms with Crippen molar-refractivity contribution in [3.05, 3.63) is 65.2 Å². The predicted molar refractivity (Wildman–Crippen MR) is 112 cm³/mol. The number of carbonyl (C=O) groups is 1. The van der Waals surface area contributed by atoms with Crippen LogP contribution in [0.3, 0.4) is 0 Å². The molecular formula is C24H26N2O2. The summed E-state index contributed by atoms with van der Waals surface area (Å²) in [5.74, 6) is -0.569. The predicted octanol–water partition coefficient (Wildman–Crippen LogP) is 5.61. The molecule has 1 aliphatic rings. The van der Waals surface area contributed by atoms with Gasteiger partial charge < -0.3 is 9.64 Å². The molecule has 28 heavy (non-hydrogen) atoms. The third-order valence-electron chi connectivity index (χ3n) is 5.01. The second-order valence-electron chi connectivity index (χ2n) is 6.83. The Morgan fingerprint density at radius 1 is 0.964 bits per heavy atom. The summed E-state index contributed by atoms with van der Waals surface area (Å²) in [6, 6.07) is 18.1. The number of nitriles is 1. The van der Waals surface area contributed by atoms with Crippen molar-refractivity contribution in [2.75, 3.05) is 18.1 Å². The van der Waals surface area contributed by atoms with Crippen LogP contribution < -0.4 is 4.90 Å². The maximum atomic E-state index is 12.5. The lowest BCUT2D eigenvalue weighted by Crippen LogP contribution is -2.25. The minimum atomic E-state index is -0.569. The molecule has 0 aromatic heterocycles. The van der Waals surface area contributed by atoms with Gasteiger partial charge in [-0.25, -0.2) is 4.79 Å². The smallest absolute Gasteiger partial charge is 0.349 e. The number of fused-ring (bicyclic) bond motifs is 2. The normalized spacial score (nSPS) is 12.0. The van der Waals surface area contributed by atoms with Gasteiger partial charge in [-0.05, 0) is 25.5 Å². The summed E-state index contributed by atoms with van der Waals surface area (Å²) in [6.07, 6.45) is 4.71. The van der Waals surface area contributed by atoms with Gasteiger partial charge in [0.2, 0.25) is 0 Å². The highest BCUT2D eigenvalue weighted by molar-refractivity contribution is 6.10. The molecule has 0 aliphatic carbocycles. The van der Waals surface area contributed by atoms with E-state index in [-0.39, 0.29) is 12.2 Å². The van der Waals surface area contributed by atoms with Crippen LogP contribution in [0.5, 0.6) is 0 Å². The van der Waals surface area contributed by atoms with E-state index in [1.54, 1.807) is 6.92 Å². The lowest BCUT2D eigenvalue weighted by atomic mass is 9.87. The number of benzene rings is 2. The van der Waals surface area contributed by atoms with Crippen molar-refractivity contribution in [1.29, 1.82) is 5.26 Å². The van der Waals surface area contributed by atoms with Gasteiger partial charge in [-0.2, -0.15) is 5.26 Å². The van der Waals surface area contributed by atoms with E-state index in [0.717, 1.165) is 35.5 Å². The van der Waals surface area contributed by atoms with Crippen molar-refractivity contribution < 1.29 is 9.53 Å². The molecule has 0 atom stereocenters. The number of unbranched alkanes of at least 4 members (excludes halogenated alkanes) is 3. The summed E-state index contributed by atoms with van der Waals surface area (Å²) in [7, 11) is 0. The first kappa shape index (κ1) is 19.7. The average Bonchev–Trinajstić information content (AvgIpc) is 2.72. The van der Waals surface area contributed by atoms with E-state index in [1.165, 1.54) is 19.3 Å². The first-order chi connectivity index (χ1) is 13.7. The Bertz CT molecular complexity index is 875. The largest absolute Gasteiger partial charge is 0.462 e. The molecular weight excluding hydrogens is 348 g/mol. The second kappa shape index (κ2) is 9.23. The Morgan fingerprint density at radius 3 is 2.11 bits per heavy atom. The Balaban J connectivity index is 2.15. The molecule has 0 unspecified atom stereocenters. The fourth-order valence-corrected chi connectivity index (χ4v) is 3.73. The third kappa shape index (κ3) is 3.80. The molecule has 0 saturated carbocycles. The summed E-state index contributed by atoms with van der Waals surface area (Å²) in [5.41, 5.74) is 4.60. The molecule has 0 N–H and O–H groups in total. The number of ether oxygens (including phenoxy) is 1. The van der Waals surface area contributed by atoms with Gasteiger partial charge in [-0.1, -0.05) is 62.6 Å². The molecule has 144 valence electrons. The Hall–Kier alpha value is -3.06. The molecule has 0 amide bonds. The van der Waals surface area contributed by atoms with E-state index in [0.29, 0.717) is 5.57 Å². The van der Waals surface area contributed by atoms with Crippen molar-refractivity contribution in [3.8, 4) is 6.07 Å². The van der Waals surface area contributed by atoms with Gasteiger partial charge >= 0.3 is 5.97 Å². The van der Waals surface area contributed by atoms with Crippen LogP contribution in [0.15, 0.2) is 54.1 Å². The topological polar surface area (TPSA) is 53.3 Å². The van der Waals surface area contributed by atoms with Crippen LogP contribution in [0.4, 0.5) is 11.4 Å². The van der Waals surface area contributed by atoms with E-state index in [4.69, 9.17) is 4.74 Å². The van der Waals surface area contributed by atoms with Crippen molar-refractivity contribution in [2.45, 2.75) is 39.5 Å². The highest BCUT2D eigenvalue weighted by atomic mass is 16.5. The zero-order chi connectivity index (χ0) is 19.9. The number of hydrogen-bond acceptors (Lipinski definition) is 4. The molecule has 1 aliphatic heterocycles. The van der Waals surface area contributed by atoms with Gasteiger partial charge in [-0.3, -0.25) is 0 Å². The van der Waals surface area contributed by atoms with Gasteiger partial charge in [0.15, 0.2) is 0 Å². The van der Waals surface area contributed by atoms with Gasteiger partial charge in [0, 0.05) is 34.6 Å². The molecule has 0 spiro atoms. The number of esters is 1. The molecule has 4 nitrogen and oxygen atoms in total. The highest BCUT2D eigenvalue weighted by Crippen LogP contribution is 2.46. The zero-order valence-corrected chi connectivity index (χ0v) is 16.6. The number of hydrogen-bond donors (Lipinski definition) is 0. The lowest BCUT2D eigenvalue weighted by molar-refractivity contribution is -0.137. The van der Waals surface area contributed by atoms with E-state index >= 15 is 0 Å². The Morgan fingerprint density at radius 2 is 1.57 bits per heavy atom. The lowest BCUT2D eigenvalue weighted by Gasteiger charge is -2.35. The number of rotatable bonds is 7. The molecule has 3 rings (SSSR count). The summed E-state index contributed by atoms with van der Waals surface area (Å²) < 4.78 is 5.16. The van der Waals surface area contributed by atoms with Crippen LogP contribution >= 0.6 is 0 Å².